The topological polar surface area (TPSA) is 55.4 Å². The molecule has 0 aromatic carbocycles. The Morgan fingerprint density at radius 3 is 2.20 bits per heavy atom. The van der Waals surface area contributed by atoms with Crippen molar-refractivity contribution in [2.45, 2.75) is 30.0 Å². The third kappa shape index (κ3) is 4.25. The summed E-state index contributed by atoms with van der Waals surface area (Å²) in [5, 5.41) is 2.43. The maximum Gasteiger partial charge on any atom is 0.350 e. The maximum absolute atomic E-state index is 11.7. The van der Waals surface area contributed by atoms with Gasteiger partial charge in [0.15, 0.2) is 0 Å². The number of carbonyl (C=O) groups is 2. The molecule has 1 N–H and O–H groups in total. The molecule has 0 bridgehead atoms. The van der Waals surface area contributed by atoms with Gasteiger partial charge in [-0.05, 0) is 11.5 Å². The molecule has 1 amide bonds. The van der Waals surface area contributed by atoms with E-state index in [-0.39, 0.29) is 16.0 Å². The van der Waals surface area contributed by atoms with Gasteiger partial charge in [-0.25, -0.2) is 4.79 Å². The first-order chi connectivity index (χ1) is 8.96. The molecule has 112 valence electrons. The standard InChI is InChI=1S/C12H14Cl3NO3S/c1-11(2,3)7-5-6(8(20-7)9(17)19-4)16-10(18)12(13,14)15/h5H,1-4H3,(H,16,18). The Kier molecular flexibility index (Phi) is 5.35. The first kappa shape index (κ1) is 17.6. The van der Waals surface area contributed by atoms with Gasteiger partial charge in [0.2, 0.25) is 0 Å². The average Bonchev–Trinajstić information content (AvgIpc) is 2.70. The van der Waals surface area contributed by atoms with Gasteiger partial charge in [-0.1, -0.05) is 55.6 Å². The molecule has 8 heteroatoms. The molecule has 0 aliphatic rings. The van der Waals surface area contributed by atoms with Gasteiger partial charge in [0.05, 0.1) is 12.8 Å². The van der Waals surface area contributed by atoms with E-state index in [4.69, 9.17) is 39.5 Å². The van der Waals surface area contributed by atoms with Gasteiger partial charge in [-0.3, -0.25) is 4.79 Å². The highest BCUT2D eigenvalue weighted by Crippen LogP contribution is 2.37. The molecular formula is C12H14Cl3NO3S. The number of nitrogens with one attached hydrogen (secondary N) is 1. The van der Waals surface area contributed by atoms with Crippen LogP contribution in [0.15, 0.2) is 6.07 Å². The summed E-state index contributed by atoms with van der Waals surface area (Å²) in [4.78, 5) is 24.6. The summed E-state index contributed by atoms with van der Waals surface area (Å²) < 4.78 is 2.59. The number of ether oxygens (including phenoxy) is 1. The van der Waals surface area contributed by atoms with Gasteiger partial charge in [-0.15, -0.1) is 11.3 Å². The van der Waals surface area contributed by atoms with Crippen molar-refractivity contribution in [3.05, 3.63) is 15.8 Å². The fourth-order valence-corrected chi connectivity index (χ4v) is 2.52. The normalized spacial score (nSPS) is 12.2. The van der Waals surface area contributed by atoms with E-state index in [1.807, 2.05) is 20.8 Å². The van der Waals surface area contributed by atoms with Crippen LogP contribution in [0, 0.1) is 0 Å². The molecule has 0 saturated carbocycles. The Balaban J connectivity index is 3.20. The fraction of sp³-hybridized carbons (Fsp3) is 0.500. The second-order valence-electron chi connectivity index (χ2n) is 5.05. The van der Waals surface area contributed by atoms with E-state index in [1.54, 1.807) is 6.07 Å². The predicted octanol–water partition coefficient (Wildman–Crippen LogP) is 4.14. The van der Waals surface area contributed by atoms with Crippen molar-refractivity contribution in [2.24, 2.45) is 0 Å². The number of halogens is 3. The third-order valence-corrected chi connectivity index (χ3v) is 4.40. The summed E-state index contributed by atoms with van der Waals surface area (Å²) in [5.41, 5.74) is 0.0965. The number of anilines is 1. The number of rotatable bonds is 2. The van der Waals surface area contributed by atoms with E-state index in [1.165, 1.54) is 18.4 Å². The predicted molar refractivity (Wildman–Crippen MR) is 83.3 cm³/mol. The lowest BCUT2D eigenvalue weighted by Crippen LogP contribution is -2.27. The van der Waals surface area contributed by atoms with Crippen molar-refractivity contribution in [1.82, 2.24) is 0 Å². The zero-order chi connectivity index (χ0) is 15.7. The molecule has 0 aliphatic heterocycles. The lowest BCUT2D eigenvalue weighted by atomic mass is 9.94. The number of thiophene rings is 1. The van der Waals surface area contributed by atoms with E-state index in [0.717, 1.165) is 4.88 Å². The van der Waals surface area contributed by atoms with Crippen molar-refractivity contribution in [3.63, 3.8) is 0 Å². The van der Waals surface area contributed by atoms with Crippen molar-refractivity contribution in [1.29, 1.82) is 0 Å². The van der Waals surface area contributed by atoms with Crippen molar-refractivity contribution < 1.29 is 14.3 Å². The van der Waals surface area contributed by atoms with E-state index in [0.29, 0.717) is 0 Å². The third-order valence-electron chi connectivity index (χ3n) is 2.35. The Bertz CT molecular complexity index is 529. The van der Waals surface area contributed by atoms with Crippen LogP contribution in [-0.4, -0.2) is 22.8 Å². The largest absolute Gasteiger partial charge is 0.465 e. The van der Waals surface area contributed by atoms with Crippen molar-refractivity contribution in [2.75, 3.05) is 12.4 Å². The SMILES string of the molecule is COC(=O)c1sc(C(C)(C)C)cc1NC(=O)C(Cl)(Cl)Cl. The molecule has 1 aromatic rings. The molecule has 0 radical (unpaired) electrons. The average molecular weight is 359 g/mol. The molecule has 20 heavy (non-hydrogen) atoms. The minimum atomic E-state index is -2.10. The van der Waals surface area contributed by atoms with Crippen LogP contribution in [0.1, 0.15) is 35.3 Å². The first-order valence-electron chi connectivity index (χ1n) is 5.57. The minimum Gasteiger partial charge on any atom is -0.465 e. The summed E-state index contributed by atoms with van der Waals surface area (Å²) in [5.74, 6) is -1.38. The lowest BCUT2D eigenvalue weighted by Gasteiger charge is -2.15. The zero-order valence-electron chi connectivity index (χ0n) is 11.3. The summed E-state index contributed by atoms with van der Waals surface area (Å²) in [6.07, 6.45) is 0. The molecule has 0 spiro atoms. The van der Waals surface area contributed by atoms with Gasteiger partial charge in [0, 0.05) is 4.88 Å². The van der Waals surface area contributed by atoms with E-state index < -0.39 is 15.7 Å². The van der Waals surface area contributed by atoms with Crippen LogP contribution in [0.3, 0.4) is 0 Å². The number of hydrogen-bond acceptors (Lipinski definition) is 4. The smallest absolute Gasteiger partial charge is 0.350 e. The number of methoxy groups -OCH3 is 1. The Hall–Kier alpha value is -0.490. The second kappa shape index (κ2) is 6.10. The van der Waals surface area contributed by atoms with Crippen molar-refractivity contribution in [3.8, 4) is 0 Å². The van der Waals surface area contributed by atoms with Gasteiger partial charge in [-0.2, -0.15) is 0 Å². The number of amides is 1. The highest BCUT2D eigenvalue weighted by atomic mass is 35.6. The van der Waals surface area contributed by atoms with Gasteiger partial charge in [0.1, 0.15) is 4.88 Å². The molecule has 0 saturated heterocycles. The molecule has 0 fully saturated rings. The number of hydrogen-bond donors (Lipinski definition) is 1. The minimum absolute atomic E-state index is 0.184. The second-order valence-corrected chi connectivity index (χ2v) is 8.38. The van der Waals surface area contributed by atoms with Crippen LogP contribution >= 0.6 is 46.1 Å². The molecule has 4 nitrogen and oxygen atoms in total. The summed E-state index contributed by atoms with van der Waals surface area (Å²) in [6.45, 7) is 5.96. The summed E-state index contributed by atoms with van der Waals surface area (Å²) in [7, 11) is 1.26. The van der Waals surface area contributed by atoms with E-state index in [9.17, 15) is 9.59 Å². The Labute approximate surface area is 136 Å². The van der Waals surface area contributed by atoms with Gasteiger partial charge in [0.25, 0.3) is 9.70 Å². The molecule has 1 aromatic heterocycles. The fourth-order valence-electron chi connectivity index (χ4n) is 1.29. The molecule has 1 rings (SSSR count). The van der Waals surface area contributed by atoms with Gasteiger partial charge >= 0.3 is 5.97 Å². The molecule has 1 heterocycles. The summed E-state index contributed by atoms with van der Waals surface area (Å²) >= 11 is 17.7. The lowest BCUT2D eigenvalue weighted by molar-refractivity contribution is -0.115. The van der Waals surface area contributed by atoms with E-state index >= 15 is 0 Å². The van der Waals surface area contributed by atoms with Gasteiger partial charge < -0.3 is 10.1 Å². The van der Waals surface area contributed by atoms with Crippen LogP contribution in [0.2, 0.25) is 0 Å². The number of esters is 1. The first-order valence-corrected chi connectivity index (χ1v) is 7.52. The van der Waals surface area contributed by atoms with Crippen molar-refractivity contribution >= 4 is 63.7 Å². The quantitative estimate of drug-likeness (QED) is 0.638. The van der Waals surface area contributed by atoms with E-state index in [2.05, 4.69) is 5.32 Å². The van der Waals surface area contributed by atoms with Crippen LogP contribution in [0.25, 0.3) is 0 Å². The number of carbonyl (C=O) groups excluding carboxylic acids is 2. The molecular weight excluding hydrogens is 345 g/mol. The van der Waals surface area contributed by atoms with Crippen LogP contribution in [-0.2, 0) is 14.9 Å². The highest BCUT2D eigenvalue weighted by Gasteiger charge is 2.33. The zero-order valence-corrected chi connectivity index (χ0v) is 14.4. The summed E-state index contributed by atoms with van der Waals surface area (Å²) in [6, 6.07) is 1.69. The Morgan fingerprint density at radius 1 is 1.25 bits per heavy atom. The molecule has 0 atom stereocenters. The van der Waals surface area contributed by atoms with Crippen LogP contribution < -0.4 is 5.32 Å². The monoisotopic (exact) mass is 357 g/mol. The highest BCUT2D eigenvalue weighted by molar-refractivity contribution is 7.14. The Morgan fingerprint density at radius 2 is 1.80 bits per heavy atom. The van der Waals surface area contributed by atoms with Crippen LogP contribution in [0.4, 0.5) is 5.69 Å². The maximum atomic E-state index is 11.7. The molecule has 0 unspecified atom stereocenters. The van der Waals surface area contributed by atoms with Crippen LogP contribution in [0.5, 0.6) is 0 Å². The molecule has 0 aliphatic carbocycles. The number of alkyl halides is 3.